The van der Waals surface area contributed by atoms with Gasteiger partial charge in [0.15, 0.2) is 5.43 Å². The van der Waals surface area contributed by atoms with E-state index >= 15 is 0 Å². The Bertz CT molecular complexity index is 1690. The molecule has 276 valence electrons. The van der Waals surface area contributed by atoms with Crippen LogP contribution in [-0.2, 0) is 25.8 Å². The lowest BCUT2D eigenvalue weighted by atomic mass is 9.98. The summed E-state index contributed by atoms with van der Waals surface area (Å²) in [6.45, 7) is 7.41. The average molecular weight is 693 g/mol. The zero-order valence-corrected chi connectivity index (χ0v) is 32.0. The topological polar surface area (TPSA) is 72.2 Å². The van der Waals surface area contributed by atoms with Gasteiger partial charge in [-0.15, -0.1) is 0 Å². The summed E-state index contributed by atoms with van der Waals surface area (Å²) < 4.78 is 2.35. The lowest BCUT2D eigenvalue weighted by Crippen LogP contribution is -2.12. The minimum absolute atomic E-state index is 0.225. The van der Waals surface area contributed by atoms with Crippen molar-refractivity contribution in [2.24, 2.45) is 0 Å². The molecule has 5 heteroatoms. The molecular weight excluding hydrogens is 629 g/mol. The maximum absolute atomic E-state index is 14.2. The number of aromatic carboxylic acids is 1. The molecule has 4 rings (SSSR count). The molecular formula is C46H64N2O3. The van der Waals surface area contributed by atoms with Gasteiger partial charge in [-0.25, -0.2) is 9.78 Å². The molecule has 0 aliphatic carbocycles. The smallest absolute Gasteiger partial charge is 0.336 e. The van der Waals surface area contributed by atoms with Crippen LogP contribution in [-0.4, -0.2) is 20.6 Å². The zero-order valence-electron chi connectivity index (χ0n) is 32.0. The molecule has 4 aromatic rings. The van der Waals surface area contributed by atoms with E-state index in [-0.39, 0.29) is 5.43 Å². The summed E-state index contributed by atoms with van der Waals surface area (Å²) in [6.07, 6.45) is 24.5. The maximum atomic E-state index is 14.2. The molecule has 0 saturated carbocycles. The number of fused-ring (bicyclic) bond motifs is 1. The Hall–Kier alpha value is -3.73. The van der Waals surface area contributed by atoms with E-state index in [1.54, 1.807) is 12.1 Å². The highest BCUT2D eigenvalue weighted by Gasteiger charge is 2.16. The van der Waals surface area contributed by atoms with Crippen LogP contribution in [0.15, 0.2) is 65.5 Å². The molecule has 5 nitrogen and oxygen atoms in total. The largest absolute Gasteiger partial charge is 0.478 e. The quantitative estimate of drug-likeness (QED) is 0.0702. The monoisotopic (exact) mass is 692 g/mol. The number of carbonyl (C=O) groups is 1. The fourth-order valence-electron chi connectivity index (χ4n) is 7.35. The number of carboxylic acids is 1. The number of benzene rings is 2. The Labute approximate surface area is 307 Å². The molecule has 0 unspecified atom stereocenters. The SMILES string of the molecule is CCCCCCCCCc1cc2nc(CCCCCC)n(Cc3ccc(-c4ccccc4C(=O)O)cc3)c2cc(CCCCCCCCC)c1=O. The molecule has 1 aromatic heterocycles. The molecule has 0 atom stereocenters. The average Bonchev–Trinajstić information content (AvgIpc) is 3.38. The second-order valence-electron chi connectivity index (χ2n) is 14.7. The van der Waals surface area contributed by atoms with Crippen LogP contribution >= 0.6 is 0 Å². The summed E-state index contributed by atoms with van der Waals surface area (Å²) >= 11 is 0. The van der Waals surface area contributed by atoms with Crippen LogP contribution < -0.4 is 5.43 Å². The van der Waals surface area contributed by atoms with Gasteiger partial charge in [0.2, 0.25) is 0 Å². The van der Waals surface area contributed by atoms with E-state index in [1.165, 1.54) is 89.9 Å². The second-order valence-corrected chi connectivity index (χ2v) is 14.7. The maximum Gasteiger partial charge on any atom is 0.336 e. The van der Waals surface area contributed by atoms with Crippen LogP contribution in [0, 0.1) is 0 Å². The molecule has 0 fully saturated rings. The van der Waals surface area contributed by atoms with Gasteiger partial charge in [-0.3, -0.25) is 4.79 Å². The van der Waals surface area contributed by atoms with Gasteiger partial charge in [0.05, 0.1) is 16.6 Å². The Morgan fingerprint density at radius 1 is 0.627 bits per heavy atom. The van der Waals surface area contributed by atoms with Crippen LogP contribution in [0.1, 0.15) is 169 Å². The van der Waals surface area contributed by atoms with E-state index in [9.17, 15) is 14.7 Å². The second kappa shape index (κ2) is 22.3. The summed E-state index contributed by atoms with van der Waals surface area (Å²) in [5, 5.41) is 9.75. The number of nitrogens with zero attached hydrogens (tertiary/aromatic N) is 2. The lowest BCUT2D eigenvalue weighted by molar-refractivity contribution is 0.0697. The first kappa shape index (κ1) is 40.0. The third-order valence-corrected chi connectivity index (χ3v) is 10.4. The van der Waals surface area contributed by atoms with Gasteiger partial charge < -0.3 is 9.67 Å². The van der Waals surface area contributed by atoms with Crippen molar-refractivity contribution in [3.05, 3.63) is 99.0 Å². The standard InChI is InChI=1S/C46H64N2O3/c1-4-7-10-13-15-17-19-24-38-33-42-43(34-39(45(38)49)25-20-18-16-14-11-8-5-2)48(44(47-42)28-21-12-9-6-3)35-36-29-31-37(32-30-36)40-26-22-23-27-41(40)46(50)51/h22-23,26-27,29-34H,4-21,24-25,28,35H2,1-3H3,(H,50,51). The summed E-state index contributed by atoms with van der Waals surface area (Å²) in [5.41, 5.74) is 7.14. The number of hydrogen-bond donors (Lipinski definition) is 1. The predicted molar refractivity (Wildman–Crippen MR) is 215 cm³/mol. The highest BCUT2D eigenvalue weighted by Crippen LogP contribution is 2.26. The van der Waals surface area contributed by atoms with E-state index in [0.717, 1.165) is 89.6 Å². The Kier molecular flexibility index (Phi) is 17.5. The summed E-state index contributed by atoms with van der Waals surface area (Å²) in [4.78, 5) is 31.3. The van der Waals surface area contributed by atoms with Crippen molar-refractivity contribution in [3.8, 4) is 11.1 Å². The van der Waals surface area contributed by atoms with Crippen molar-refractivity contribution in [3.63, 3.8) is 0 Å². The van der Waals surface area contributed by atoms with Crippen molar-refractivity contribution in [2.75, 3.05) is 0 Å². The number of imidazole rings is 1. The first-order valence-corrected chi connectivity index (χ1v) is 20.4. The first-order chi connectivity index (χ1) is 25.0. The molecule has 0 spiro atoms. The molecule has 1 heterocycles. The van der Waals surface area contributed by atoms with Crippen LogP contribution in [0.25, 0.3) is 22.2 Å². The molecule has 0 saturated heterocycles. The minimum Gasteiger partial charge on any atom is -0.478 e. The van der Waals surface area contributed by atoms with E-state index < -0.39 is 5.97 Å². The third-order valence-electron chi connectivity index (χ3n) is 10.4. The highest BCUT2D eigenvalue weighted by atomic mass is 16.4. The Morgan fingerprint density at radius 2 is 1.14 bits per heavy atom. The summed E-state index contributed by atoms with van der Waals surface area (Å²) in [7, 11) is 0. The number of aryl methyl sites for hydroxylation is 3. The van der Waals surface area contributed by atoms with E-state index in [0.29, 0.717) is 12.1 Å². The molecule has 0 aliphatic rings. The van der Waals surface area contributed by atoms with Crippen molar-refractivity contribution >= 4 is 17.0 Å². The fraction of sp³-hybridized carbons (Fsp3) is 0.543. The minimum atomic E-state index is -0.920. The number of carboxylic acid groups (broad SMARTS) is 1. The number of hydrogen-bond acceptors (Lipinski definition) is 3. The molecule has 0 aliphatic heterocycles. The Balaban J connectivity index is 1.67. The fourth-order valence-corrected chi connectivity index (χ4v) is 7.35. The molecule has 0 bridgehead atoms. The summed E-state index contributed by atoms with van der Waals surface area (Å²) in [5.74, 6) is 0.167. The summed E-state index contributed by atoms with van der Waals surface area (Å²) in [6, 6.07) is 19.7. The normalized spacial score (nSPS) is 11.4. The zero-order chi connectivity index (χ0) is 36.3. The number of aromatic nitrogens is 2. The molecule has 0 radical (unpaired) electrons. The molecule has 1 N–H and O–H groups in total. The van der Waals surface area contributed by atoms with E-state index in [1.807, 2.05) is 24.3 Å². The van der Waals surface area contributed by atoms with Gasteiger partial charge >= 0.3 is 5.97 Å². The molecule has 0 amide bonds. The van der Waals surface area contributed by atoms with Gasteiger partial charge in [0.1, 0.15) is 5.82 Å². The van der Waals surface area contributed by atoms with Crippen LogP contribution in [0.2, 0.25) is 0 Å². The van der Waals surface area contributed by atoms with Gasteiger partial charge in [-0.05, 0) is 67.0 Å². The number of rotatable bonds is 25. The van der Waals surface area contributed by atoms with Crippen LogP contribution in [0.4, 0.5) is 0 Å². The van der Waals surface area contributed by atoms with E-state index in [2.05, 4.69) is 49.6 Å². The lowest BCUT2D eigenvalue weighted by Gasteiger charge is -2.11. The van der Waals surface area contributed by atoms with Crippen molar-refractivity contribution in [1.82, 2.24) is 9.55 Å². The molecule has 51 heavy (non-hydrogen) atoms. The Morgan fingerprint density at radius 3 is 1.73 bits per heavy atom. The van der Waals surface area contributed by atoms with Crippen molar-refractivity contribution in [2.45, 2.75) is 162 Å². The van der Waals surface area contributed by atoms with Crippen molar-refractivity contribution in [1.29, 1.82) is 0 Å². The predicted octanol–water partition coefficient (Wildman–Crippen LogP) is 12.5. The first-order valence-electron chi connectivity index (χ1n) is 20.4. The van der Waals surface area contributed by atoms with Crippen LogP contribution in [0.3, 0.4) is 0 Å². The van der Waals surface area contributed by atoms with Gasteiger partial charge in [0, 0.05) is 24.1 Å². The van der Waals surface area contributed by atoms with E-state index in [4.69, 9.17) is 4.98 Å². The number of unbranched alkanes of at least 4 members (excludes halogenated alkanes) is 15. The molecule has 3 aromatic carbocycles. The van der Waals surface area contributed by atoms with Gasteiger partial charge in [-0.2, -0.15) is 0 Å². The third kappa shape index (κ3) is 12.5. The van der Waals surface area contributed by atoms with Gasteiger partial charge in [0.25, 0.3) is 0 Å². The highest BCUT2D eigenvalue weighted by molar-refractivity contribution is 5.96. The van der Waals surface area contributed by atoms with Crippen molar-refractivity contribution < 1.29 is 9.90 Å². The van der Waals surface area contributed by atoms with Crippen LogP contribution in [0.5, 0.6) is 0 Å². The van der Waals surface area contributed by atoms with Gasteiger partial charge in [-0.1, -0.05) is 160 Å².